The number of halogens is 2. The maximum Gasteiger partial charge on any atom is 0.166 e. The van der Waals surface area contributed by atoms with Gasteiger partial charge in [0.1, 0.15) is 0 Å². The Morgan fingerprint density at radius 2 is 2.43 bits per heavy atom. The van der Waals surface area contributed by atoms with Crippen LogP contribution < -0.4 is 5.32 Å². The number of nitrogens with one attached hydrogen (secondary N) is 1. The van der Waals surface area contributed by atoms with Crippen LogP contribution in [0.25, 0.3) is 0 Å². The van der Waals surface area contributed by atoms with E-state index in [1.165, 1.54) is 12.3 Å². The number of pyridine rings is 1. The smallest absolute Gasteiger partial charge is 0.166 e. The van der Waals surface area contributed by atoms with Crippen LogP contribution >= 0.6 is 11.6 Å². The van der Waals surface area contributed by atoms with E-state index in [2.05, 4.69) is 10.3 Å². The van der Waals surface area contributed by atoms with Gasteiger partial charge in [-0.25, -0.2) is 9.37 Å². The molecular weight excluding hydrogens is 227 g/mol. The fourth-order valence-electron chi connectivity index (χ4n) is 0.858. The van der Waals surface area contributed by atoms with Gasteiger partial charge in [0.15, 0.2) is 11.6 Å². The lowest BCUT2D eigenvalue weighted by molar-refractivity contribution is 0.625. The summed E-state index contributed by atoms with van der Waals surface area (Å²) in [6.07, 6.45) is 2.95. The topological polar surface area (TPSA) is 42.0 Å². The summed E-state index contributed by atoms with van der Waals surface area (Å²) >= 11 is 5.52. The molecule has 1 aromatic rings. The third kappa shape index (κ3) is 3.59. The average Bonchev–Trinajstić information content (AvgIpc) is 2.08. The lowest BCUT2D eigenvalue weighted by atomic mass is 10.4. The molecule has 0 bridgehead atoms. The van der Waals surface area contributed by atoms with E-state index < -0.39 is 16.6 Å². The number of rotatable bonds is 4. The largest absolute Gasteiger partial charge is 0.367 e. The Morgan fingerprint density at radius 1 is 1.71 bits per heavy atom. The zero-order chi connectivity index (χ0) is 10.6. The van der Waals surface area contributed by atoms with Crippen LogP contribution in [0.3, 0.4) is 0 Å². The van der Waals surface area contributed by atoms with E-state index in [9.17, 15) is 8.60 Å². The summed E-state index contributed by atoms with van der Waals surface area (Å²) in [6, 6.07) is 1.18. The van der Waals surface area contributed by atoms with Crippen molar-refractivity contribution in [2.75, 3.05) is 23.9 Å². The molecule has 1 heterocycles. The fourth-order valence-corrected chi connectivity index (χ4v) is 1.39. The molecule has 6 heteroatoms. The third-order valence-corrected chi connectivity index (χ3v) is 2.48. The van der Waals surface area contributed by atoms with Crippen molar-refractivity contribution in [2.45, 2.75) is 0 Å². The second-order valence-corrected chi connectivity index (χ2v) is 4.68. The summed E-state index contributed by atoms with van der Waals surface area (Å²) in [5.74, 6) is 0.100. The standard InChI is InChI=1S/C8H10ClFN2OS/c1-14(13)3-2-11-8-7(10)4-6(9)5-12-8/h4-5H,2-3H2,1H3,(H,11,12). The van der Waals surface area contributed by atoms with E-state index in [1.54, 1.807) is 6.26 Å². The van der Waals surface area contributed by atoms with Crippen LogP contribution in [0, 0.1) is 5.82 Å². The number of nitrogens with zero attached hydrogens (tertiary/aromatic N) is 1. The van der Waals surface area contributed by atoms with Crippen molar-refractivity contribution in [3.63, 3.8) is 0 Å². The minimum atomic E-state index is -0.889. The number of hydrogen-bond donors (Lipinski definition) is 1. The lowest BCUT2D eigenvalue weighted by Gasteiger charge is -2.04. The highest BCUT2D eigenvalue weighted by atomic mass is 35.5. The molecule has 0 spiro atoms. The molecule has 0 fully saturated rings. The highest BCUT2D eigenvalue weighted by Crippen LogP contribution is 2.14. The second kappa shape index (κ2) is 5.26. The zero-order valence-corrected chi connectivity index (χ0v) is 9.16. The average molecular weight is 237 g/mol. The van der Waals surface area contributed by atoms with Gasteiger partial charge in [-0.3, -0.25) is 4.21 Å². The van der Waals surface area contributed by atoms with Crippen LogP contribution in [0.1, 0.15) is 0 Å². The van der Waals surface area contributed by atoms with E-state index >= 15 is 0 Å². The van der Waals surface area contributed by atoms with Gasteiger partial charge in [-0.1, -0.05) is 11.6 Å². The molecule has 1 aromatic heterocycles. The zero-order valence-electron chi connectivity index (χ0n) is 7.59. The lowest BCUT2D eigenvalue weighted by Crippen LogP contribution is -2.11. The molecule has 78 valence electrons. The van der Waals surface area contributed by atoms with Crippen LogP contribution in [-0.2, 0) is 10.8 Å². The van der Waals surface area contributed by atoms with Gasteiger partial charge in [-0.15, -0.1) is 0 Å². The first-order valence-corrected chi connectivity index (χ1v) is 6.05. The molecule has 14 heavy (non-hydrogen) atoms. The van der Waals surface area contributed by atoms with Gasteiger partial charge in [-0.2, -0.15) is 0 Å². The summed E-state index contributed by atoms with van der Waals surface area (Å²) in [6.45, 7) is 0.425. The number of hydrogen-bond acceptors (Lipinski definition) is 3. The van der Waals surface area contributed by atoms with Crippen LogP contribution in [-0.4, -0.2) is 27.7 Å². The van der Waals surface area contributed by atoms with Crippen molar-refractivity contribution in [3.05, 3.63) is 23.1 Å². The Labute approximate surface area is 89.1 Å². The SMILES string of the molecule is CS(=O)CCNc1ncc(Cl)cc1F. The normalized spacial score (nSPS) is 12.5. The molecule has 0 aliphatic heterocycles. The molecule has 0 saturated carbocycles. The molecule has 1 unspecified atom stereocenters. The first-order chi connectivity index (χ1) is 6.59. The van der Waals surface area contributed by atoms with Gasteiger partial charge < -0.3 is 5.32 Å². The molecule has 0 amide bonds. The first-order valence-electron chi connectivity index (χ1n) is 3.94. The molecular formula is C8H10ClFN2OS. The van der Waals surface area contributed by atoms with Gasteiger partial charge in [-0.05, 0) is 6.07 Å². The molecule has 0 saturated heterocycles. The van der Waals surface area contributed by atoms with Crippen LogP contribution in [0.2, 0.25) is 5.02 Å². The molecule has 0 aromatic carbocycles. The predicted octanol–water partition coefficient (Wildman–Crippen LogP) is 1.66. The fraction of sp³-hybridized carbons (Fsp3) is 0.375. The van der Waals surface area contributed by atoms with Gasteiger partial charge in [0.2, 0.25) is 0 Å². The quantitative estimate of drug-likeness (QED) is 0.865. The molecule has 1 rings (SSSR count). The van der Waals surface area contributed by atoms with Crippen molar-refractivity contribution in [2.24, 2.45) is 0 Å². The maximum absolute atomic E-state index is 13.1. The van der Waals surface area contributed by atoms with Gasteiger partial charge in [0.25, 0.3) is 0 Å². The van der Waals surface area contributed by atoms with Gasteiger partial charge in [0.05, 0.1) is 5.02 Å². The Hall–Kier alpha value is -0.680. The van der Waals surface area contributed by atoms with E-state index in [-0.39, 0.29) is 10.8 Å². The molecule has 0 radical (unpaired) electrons. The van der Waals surface area contributed by atoms with Crippen molar-refractivity contribution in [1.82, 2.24) is 4.98 Å². The van der Waals surface area contributed by atoms with Crippen molar-refractivity contribution in [1.29, 1.82) is 0 Å². The highest BCUT2D eigenvalue weighted by Gasteiger charge is 2.03. The predicted molar refractivity (Wildman–Crippen MR) is 56.6 cm³/mol. The highest BCUT2D eigenvalue weighted by molar-refractivity contribution is 7.84. The second-order valence-electron chi connectivity index (χ2n) is 2.69. The maximum atomic E-state index is 13.1. The minimum Gasteiger partial charge on any atom is -0.367 e. The first kappa shape index (κ1) is 11.4. The van der Waals surface area contributed by atoms with Crippen molar-refractivity contribution in [3.8, 4) is 0 Å². The van der Waals surface area contributed by atoms with E-state index in [1.807, 2.05) is 0 Å². The number of anilines is 1. The van der Waals surface area contributed by atoms with Gasteiger partial charge >= 0.3 is 0 Å². The number of aromatic nitrogens is 1. The van der Waals surface area contributed by atoms with Gasteiger partial charge in [0, 0.05) is 35.5 Å². The molecule has 0 aliphatic rings. The molecule has 3 nitrogen and oxygen atoms in total. The van der Waals surface area contributed by atoms with E-state index in [0.29, 0.717) is 12.3 Å². The molecule has 1 N–H and O–H groups in total. The monoisotopic (exact) mass is 236 g/mol. The van der Waals surface area contributed by atoms with Crippen molar-refractivity contribution < 1.29 is 8.60 Å². The summed E-state index contributed by atoms with van der Waals surface area (Å²) in [4.78, 5) is 3.76. The Balaban J connectivity index is 2.55. The Kier molecular flexibility index (Phi) is 4.28. The van der Waals surface area contributed by atoms with E-state index in [0.717, 1.165) is 0 Å². The van der Waals surface area contributed by atoms with Crippen molar-refractivity contribution >= 4 is 28.2 Å². The van der Waals surface area contributed by atoms with Crippen LogP contribution in [0.4, 0.5) is 10.2 Å². The summed E-state index contributed by atoms with van der Waals surface area (Å²) in [5.41, 5.74) is 0. The summed E-state index contributed by atoms with van der Waals surface area (Å²) in [7, 11) is -0.889. The van der Waals surface area contributed by atoms with Crippen LogP contribution in [0.5, 0.6) is 0 Å². The molecule has 0 aliphatic carbocycles. The minimum absolute atomic E-state index is 0.139. The Morgan fingerprint density at radius 3 is 3.00 bits per heavy atom. The van der Waals surface area contributed by atoms with Crippen LogP contribution in [0.15, 0.2) is 12.3 Å². The van der Waals surface area contributed by atoms with E-state index in [4.69, 9.17) is 11.6 Å². The third-order valence-electron chi connectivity index (χ3n) is 1.49. The Bertz CT molecular complexity index is 348. The summed E-state index contributed by atoms with van der Waals surface area (Å²) < 4.78 is 23.8. The summed E-state index contributed by atoms with van der Waals surface area (Å²) in [5, 5.41) is 2.99. The molecule has 1 atom stereocenters.